The molecule has 0 atom stereocenters. The summed E-state index contributed by atoms with van der Waals surface area (Å²) in [6.07, 6.45) is 1.56. The van der Waals surface area contributed by atoms with E-state index < -0.39 is 0 Å². The van der Waals surface area contributed by atoms with Crippen molar-refractivity contribution in [3.63, 3.8) is 0 Å². The minimum absolute atomic E-state index is 0.111. The molecule has 0 aliphatic heterocycles. The van der Waals surface area contributed by atoms with Gasteiger partial charge in [-0.3, -0.25) is 4.79 Å². The van der Waals surface area contributed by atoms with Gasteiger partial charge in [-0.05, 0) is 106 Å². The summed E-state index contributed by atoms with van der Waals surface area (Å²) in [5.41, 5.74) is 4.96. The van der Waals surface area contributed by atoms with Crippen molar-refractivity contribution in [3.05, 3.63) is 82.9 Å². The van der Waals surface area contributed by atoms with Crippen molar-refractivity contribution in [1.82, 2.24) is 5.43 Å². The van der Waals surface area contributed by atoms with Crippen LogP contribution in [0.2, 0.25) is 10.0 Å². The van der Waals surface area contributed by atoms with Crippen LogP contribution in [0.5, 0.6) is 11.5 Å². The Morgan fingerprint density at radius 3 is 2.53 bits per heavy atom. The third-order valence-electron chi connectivity index (χ3n) is 4.42. The van der Waals surface area contributed by atoms with Gasteiger partial charge in [0.05, 0.1) is 22.9 Å². The van der Waals surface area contributed by atoms with E-state index >= 15 is 0 Å². The fourth-order valence-corrected chi connectivity index (χ4v) is 4.43. The molecule has 2 N–H and O–H groups in total. The van der Waals surface area contributed by atoms with Crippen molar-refractivity contribution < 1.29 is 14.3 Å². The van der Waals surface area contributed by atoms with Gasteiger partial charge in [-0.2, -0.15) is 5.10 Å². The van der Waals surface area contributed by atoms with E-state index in [9.17, 15) is 4.79 Å². The average molecular weight is 724 g/mol. The Morgan fingerprint density at radius 2 is 1.82 bits per heavy atom. The Hall–Kier alpha value is -1.76. The highest BCUT2D eigenvalue weighted by Crippen LogP contribution is 2.35. The second kappa shape index (κ2) is 13.4. The summed E-state index contributed by atoms with van der Waals surface area (Å²) in [5.74, 6) is 0.929. The van der Waals surface area contributed by atoms with Crippen LogP contribution in [0.15, 0.2) is 59.7 Å². The summed E-state index contributed by atoms with van der Waals surface area (Å²) in [7, 11) is 0. The number of rotatable bonds is 10. The smallest absolute Gasteiger partial charge is 0.259 e. The normalized spacial score (nSPS) is 10.9. The fourth-order valence-electron chi connectivity index (χ4n) is 2.82. The molecule has 1 amide bonds. The first-order chi connectivity index (χ1) is 16.4. The Morgan fingerprint density at radius 1 is 1.06 bits per heavy atom. The Balaban J connectivity index is 1.62. The number of nitrogens with one attached hydrogen (secondary N) is 2. The monoisotopic (exact) mass is 723 g/mol. The molecule has 0 radical (unpaired) electrons. The van der Waals surface area contributed by atoms with Crippen molar-refractivity contribution >= 4 is 86.2 Å². The predicted octanol–water partition coefficient (Wildman–Crippen LogP) is 6.74. The number of hydrazone groups is 1. The van der Waals surface area contributed by atoms with E-state index in [1.54, 1.807) is 18.3 Å². The maximum atomic E-state index is 12.1. The van der Waals surface area contributed by atoms with Crippen LogP contribution in [0.1, 0.15) is 18.1 Å². The Kier molecular flexibility index (Phi) is 10.5. The quantitative estimate of drug-likeness (QED) is 0.138. The molecule has 34 heavy (non-hydrogen) atoms. The van der Waals surface area contributed by atoms with E-state index in [1.165, 1.54) is 0 Å². The first kappa shape index (κ1) is 26.8. The van der Waals surface area contributed by atoms with Crippen LogP contribution in [-0.4, -0.2) is 25.3 Å². The minimum Gasteiger partial charge on any atom is -0.490 e. The number of nitrogens with zero attached hydrogens (tertiary/aromatic N) is 1. The number of ether oxygens (including phenoxy) is 2. The summed E-state index contributed by atoms with van der Waals surface area (Å²) in [6, 6.07) is 16.7. The lowest BCUT2D eigenvalue weighted by molar-refractivity contribution is -0.119. The van der Waals surface area contributed by atoms with Crippen LogP contribution < -0.4 is 20.2 Å². The zero-order chi connectivity index (χ0) is 24.5. The minimum atomic E-state index is -0.255. The van der Waals surface area contributed by atoms with Crippen molar-refractivity contribution in [2.24, 2.45) is 5.10 Å². The number of halogens is 4. The molecule has 0 saturated heterocycles. The van der Waals surface area contributed by atoms with E-state index in [1.807, 2.05) is 49.4 Å². The van der Waals surface area contributed by atoms with Crippen LogP contribution in [0, 0.1) is 7.14 Å². The Bertz CT molecular complexity index is 1170. The second-order valence-electron chi connectivity index (χ2n) is 6.94. The highest BCUT2D eigenvalue weighted by Gasteiger charge is 2.13. The number of hydrogen-bond acceptors (Lipinski definition) is 5. The highest BCUT2D eigenvalue weighted by atomic mass is 127. The number of benzene rings is 3. The molecule has 6 nitrogen and oxygen atoms in total. The number of amides is 1. The molecule has 10 heteroatoms. The molecule has 0 aromatic heterocycles. The molecule has 0 bridgehead atoms. The molecule has 0 spiro atoms. The van der Waals surface area contributed by atoms with Crippen molar-refractivity contribution in [2.75, 3.05) is 18.5 Å². The van der Waals surface area contributed by atoms with E-state index in [0.29, 0.717) is 28.2 Å². The van der Waals surface area contributed by atoms with Crippen LogP contribution in [-0.2, 0) is 11.4 Å². The zero-order valence-electron chi connectivity index (χ0n) is 18.1. The van der Waals surface area contributed by atoms with Crippen molar-refractivity contribution in [1.29, 1.82) is 0 Å². The van der Waals surface area contributed by atoms with Crippen LogP contribution >= 0.6 is 68.4 Å². The summed E-state index contributed by atoms with van der Waals surface area (Å²) in [5, 5.41) is 8.22. The molecule has 178 valence electrons. The van der Waals surface area contributed by atoms with E-state index in [2.05, 4.69) is 61.0 Å². The molecule has 0 aliphatic rings. The fraction of sp³-hybridized carbons (Fsp3) is 0.167. The molecule has 0 aliphatic carbocycles. The van der Waals surface area contributed by atoms with Gasteiger partial charge in [-0.1, -0.05) is 29.3 Å². The van der Waals surface area contributed by atoms with Crippen molar-refractivity contribution in [2.45, 2.75) is 13.5 Å². The summed E-state index contributed by atoms with van der Waals surface area (Å²) < 4.78 is 13.8. The standard InChI is InChI=1S/C24H21Cl2I2N3O3/c1-2-33-22-10-15(12-30-31-23(32)13-29-19-7-5-18(27)6-8-19)9-21(28)24(22)34-14-16-3-4-17(25)11-20(16)26/h3-12,29H,2,13-14H2,1H3,(H,31,32)/b30-12-. The van der Waals surface area contributed by atoms with E-state index in [4.69, 9.17) is 32.7 Å². The van der Waals surface area contributed by atoms with Gasteiger partial charge in [0.25, 0.3) is 5.91 Å². The average Bonchev–Trinajstić information content (AvgIpc) is 2.79. The van der Waals surface area contributed by atoms with E-state index in [0.717, 1.165) is 24.0 Å². The third kappa shape index (κ3) is 8.17. The number of carbonyl (C=O) groups excluding carboxylic acids is 1. The van der Waals surface area contributed by atoms with Crippen LogP contribution in [0.4, 0.5) is 5.69 Å². The lowest BCUT2D eigenvalue weighted by Crippen LogP contribution is -2.25. The van der Waals surface area contributed by atoms with Crippen LogP contribution in [0.3, 0.4) is 0 Å². The van der Waals surface area contributed by atoms with Gasteiger partial charge in [0.2, 0.25) is 0 Å². The molecule has 0 heterocycles. The van der Waals surface area contributed by atoms with Gasteiger partial charge in [-0.15, -0.1) is 0 Å². The van der Waals surface area contributed by atoms with Gasteiger partial charge in [0, 0.05) is 24.9 Å². The maximum absolute atomic E-state index is 12.1. The third-order valence-corrected chi connectivity index (χ3v) is 6.53. The molecule has 0 saturated carbocycles. The SMILES string of the molecule is CCOc1cc(/C=N\NC(=O)CNc2ccc(I)cc2)cc(I)c1OCc1ccc(Cl)cc1Cl. The summed E-state index contributed by atoms with van der Waals surface area (Å²) in [6.45, 7) is 2.74. The lowest BCUT2D eigenvalue weighted by Gasteiger charge is -2.15. The second-order valence-corrected chi connectivity index (χ2v) is 10.2. The van der Waals surface area contributed by atoms with Gasteiger partial charge >= 0.3 is 0 Å². The van der Waals surface area contributed by atoms with Gasteiger partial charge in [-0.25, -0.2) is 5.43 Å². The lowest BCUT2D eigenvalue weighted by atomic mass is 10.2. The molecule has 0 unspecified atom stereocenters. The summed E-state index contributed by atoms with van der Waals surface area (Å²) >= 11 is 16.6. The number of carbonyl (C=O) groups is 1. The molecular formula is C24H21Cl2I2N3O3. The maximum Gasteiger partial charge on any atom is 0.259 e. The van der Waals surface area contributed by atoms with E-state index in [-0.39, 0.29) is 19.1 Å². The summed E-state index contributed by atoms with van der Waals surface area (Å²) in [4.78, 5) is 12.1. The van der Waals surface area contributed by atoms with Gasteiger partial charge < -0.3 is 14.8 Å². The molecule has 0 fully saturated rings. The number of anilines is 1. The van der Waals surface area contributed by atoms with Crippen molar-refractivity contribution in [3.8, 4) is 11.5 Å². The largest absolute Gasteiger partial charge is 0.490 e. The van der Waals surface area contributed by atoms with Gasteiger partial charge in [0.15, 0.2) is 11.5 Å². The highest BCUT2D eigenvalue weighted by molar-refractivity contribution is 14.1. The first-order valence-electron chi connectivity index (χ1n) is 10.2. The molecule has 3 aromatic rings. The Labute approximate surface area is 235 Å². The molecular weight excluding hydrogens is 703 g/mol. The van der Waals surface area contributed by atoms with Gasteiger partial charge in [0.1, 0.15) is 6.61 Å². The number of hydrogen-bond donors (Lipinski definition) is 2. The topological polar surface area (TPSA) is 72.0 Å². The molecule has 3 aromatic carbocycles. The van der Waals surface area contributed by atoms with Crippen LogP contribution in [0.25, 0.3) is 0 Å². The zero-order valence-corrected chi connectivity index (χ0v) is 23.9. The molecule has 3 rings (SSSR count). The predicted molar refractivity (Wildman–Crippen MR) is 155 cm³/mol. The first-order valence-corrected chi connectivity index (χ1v) is 13.1.